The molecule has 1 aliphatic rings. The number of hydrogen-bond acceptors (Lipinski definition) is 4. The van der Waals surface area contributed by atoms with Gasteiger partial charge in [-0.3, -0.25) is 9.69 Å². The summed E-state index contributed by atoms with van der Waals surface area (Å²) in [6.07, 6.45) is 6.55. The first kappa shape index (κ1) is 18.6. The minimum absolute atomic E-state index is 0.000108. The monoisotopic (exact) mass is 397 g/mol. The standard InChI is InChI=1S/C24H23N5O/c1-16-7-10-28(14-18-5-3-2-4-17(18)12-25)15-21(16)29-11-8-22(30)20-13-27-24-19(23(20)29)6-9-26-24/h2-6,8-9,11,13,16,21H,7,10,14-15H2,1H3,(H,26,27)/t16-,21+/m1/s1. The number of rotatable bonds is 3. The molecule has 0 aliphatic carbocycles. The van der Waals surface area contributed by atoms with E-state index >= 15 is 0 Å². The van der Waals surface area contributed by atoms with Crippen LogP contribution in [0, 0.1) is 17.2 Å². The third-order valence-electron chi connectivity index (χ3n) is 6.36. The van der Waals surface area contributed by atoms with Crippen molar-refractivity contribution in [3.63, 3.8) is 0 Å². The number of pyridine rings is 2. The molecule has 2 atom stereocenters. The average molecular weight is 397 g/mol. The number of hydrogen-bond donors (Lipinski definition) is 1. The van der Waals surface area contributed by atoms with Crippen LogP contribution < -0.4 is 5.43 Å². The molecule has 4 aromatic rings. The molecule has 6 heteroatoms. The largest absolute Gasteiger partial charge is 0.346 e. The molecule has 0 radical (unpaired) electrons. The highest BCUT2D eigenvalue weighted by Gasteiger charge is 2.29. The number of aromatic nitrogens is 3. The van der Waals surface area contributed by atoms with E-state index < -0.39 is 0 Å². The Morgan fingerprint density at radius 2 is 2.10 bits per heavy atom. The molecular formula is C24H23N5O. The summed E-state index contributed by atoms with van der Waals surface area (Å²) in [5.74, 6) is 0.473. The Balaban J connectivity index is 1.55. The van der Waals surface area contributed by atoms with E-state index in [2.05, 4.69) is 32.4 Å². The van der Waals surface area contributed by atoms with E-state index in [9.17, 15) is 10.1 Å². The van der Waals surface area contributed by atoms with Gasteiger partial charge in [0, 0.05) is 49.2 Å². The van der Waals surface area contributed by atoms with Gasteiger partial charge in [-0.1, -0.05) is 25.1 Å². The Bertz CT molecular complexity index is 1330. The van der Waals surface area contributed by atoms with Gasteiger partial charge in [-0.05, 0) is 36.6 Å². The van der Waals surface area contributed by atoms with Crippen LogP contribution in [0.4, 0.5) is 0 Å². The van der Waals surface area contributed by atoms with Crippen molar-refractivity contribution in [1.82, 2.24) is 19.4 Å². The molecule has 1 N–H and O–H groups in total. The highest BCUT2D eigenvalue weighted by molar-refractivity contribution is 6.02. The van der Waals surface area contributed by atoms with E-state index in [0.717, 1.165) is 53.7 Å². The second-order valence-corrected chi connectivity index (χ2v) is 8.19. The van der Waals surface area contributed by atoms with E-state index in [1.165, 1.54) is 0 Å². The topological polar surface area (TPSA) is 77.7 Å². The fraction of sp³-hybridized carbons (Fsp3) is 0.292. The second kappa shape index (κ2) is 7.43. The fourth-order valence-corrected chi connectivity index (χ4v) is 4.67. The van der Waals surface area contributed by atoms with Crippen LogP contribution in [0.2, 0.25) is 0 Å². The first-order valence-electron chi connectivity index (χ1n) is 10.3. The smallest absolute Gasteiger partial charge is 0.190 e. The number of piperidine rings is 1. The summed E-state index contributed by atoms with van der Waals surface area (Å²) < 4.78 is 2.27. The number of fused-ring (bicyclic) bond motifs is 3. The summed E-state index contributed by atoms with van der Waals surface area (Å²) in [6.45, 7) is 4.90. The van der Waals surface area contributed by atoms with Gasteiger partial charge in [0.05, 0.1) is 22.5 Å². The summed E-state index contributed by atoms with van der Waals surface area (Å²) in [4.78, 5) is 22.5. The second-order valence-electron chi connectivity index (χ2n) is 8.19. The molecule has 4 heterocycles. The number of likely N-dealkylation sites (tertiary alicyclic amines) is 1. The van der Waals surface area contributed by atoms with Crippen molar-refractivity contribution >= 4 is 21.9 Å². The van der Waals surface area contributed by atoms with Gasteiger partial charge in [0.25, 0.3) is 0 Å². The van der Waals surface area contributed by atoms with Crippen molar-refractivity contribution in [2.24, 2.45) is 5.92 Å². The molecule has 1 fully saturated rings. The van der Waals surface area contributed by atoms with Gasteiger partial charge in [-0.15, -0.1) is 0 Å². The van der Waals surface area contributed by atoms with Crippen molar-refractivity contribution in [3.8, 4) is 6.07 Å². The van der Waals surface area contributed by atoms with Crippen LogP contribution in [0.1, 0.15) is 30.5 Å². The van der Waals surface area contributed by atoms with Crippen LogP contribution in [0.15, 0.2) is 59.8 Å². The van der Waals surface area contributed by atoms with Gasteiger partial charge in [0.1, 0.15) is 5.65 Å². The third-order valence-corrected chi connectivity index (χ3v) is 6.36. The number of H-pyrrole nitrogens is 1. The first-order valence-corrected chi connectivity index (χ1v) is 10.3. The Labute approximate surface area is 174 Å². The SMILES string of the molecule is C[C@@H]1CCN(Cc2ccccc2C#N)C[C@@H]1n1ccc(=O)c2cnc3[nH]ccc3c21. The van der Waals surface area contributed by atoms with Crippen LogP contribution in [-0.2, 0) is 6.54 Å². The maximum atomic E-state index is 12.5. The van der Waals surface area contributed by atoms with Crippen molar-refractivity contribution in [2.75, 3.05) is 13.1 Å². The molecule has 1 aliphatic heterocycles. The van der Waals surface area contributed by atoms with Crippen molar-refractivity contribution in [3.05, 3.63) is 76.3 Å². The number of aromatic amines is 1. The number of benzene rings is 1. The maximum Gasteiger partial charge on any atom is 0.190 e. The Hall–Kier alpha value is -3.43. The Kier molecular flexibility index (Phi) is 4.61. The van der Waals surface area contributed by atoms with E-state index in [4.69, 9.17) is 0 Å². The molecule has 0 amide bonds. The highest BCUT2D eigenvalue weighted by Crippen LogP contribution is 2.32. The van der Waals surface area contributed by atoms with Crippen LogP contribution in [0.3, 0.4) is 0 Å². The molecular weight excluding hydrogens is 374 g/mol. The minimum Gasteiger partial charge on any atom is -0.346 e. The average Bonchev–Trinajstić information content (AvgIpc) is 3.25. The third kappa shape index (κ3) is 3.08. The Morgan fingerprint density at radius 1 is 1.23 bits per heavy atom. The maximum absolute atomic E-state index is 12.5. The molecule has 5 rings (SSSR count). The van der Waals surface area contributed by atoms with Crippen LogP contribution >= 0.6 is 0 Å². The van der Waals surface area contributed by atoms with E-state index in [1.807, 2.05) is 42.7 Å². The molecule has 1 aromatic carbocycles. The van der Waals surface area contributed by atoms with Gasteiger partial charge in [-0.2, -0.15) is 5.26 Å². The first-order chi connectivity index (χ1) is 14.7. The lowest BCUT2D eigenvalue weighted by Gasteiger charge is -2.39. The molecule has 0 spiro atoms. The zero-order valence-electron chi connectivity index (χ0n) is 16.9. The van der Waals surface area contributed by atoms with Crippen LogP contribution in [0.25, 0.3) is 21.9 Å². The zero-order chi connectivity index (χ0) is 20.7. The van der Waals surface area contributed by atoms with Crippen molar-refractivity contribution in [2.45, 2.75) is 25.9 Å². The summed E-state index contributed by atoms with van der Waals surface area (Å²) in [5, 5.41) is 11.1. The van der Waals surface area contributed by atoms with Gasteiger partial charge < -0.3 is 9.55 Å². The summed E-state index contributed by atoms with van der Waals surface area (Å²) in [5.41, 5.74) is 3.55. The van der Waals surface area contributed by atoms with Crippen molar-refractivity contribution < 1.29 is 0 Å². The van der Waals surface area contributed by atoms with Crippen molar-refractivity contribution in [1.29, 1.82) is 5.26 Å². The quantitative estimate of drug-likeness (QED) is 0.570. The lowest BCUT2D eigenvalue weighted by molar-refractivity contribution is 0.128. The highest BCUT2D eigenvalue weighted by atomic mass is 16.1. The summed E-state index contributed by atoms with van der Waals surface area (Å²) in [6, 6.07) is 14.0. The summed E-state index contributed by atoms with van der Waals surface area (Å²) in [7, 11) is 0. The molecule has 0 bridgehead atoms. The van der Waals surface area contributed by atoms with Gasteiger partial charge in [-0.25, -0.2) is 4.98 Å². The fourth-order valence-electron chi connectivity index (χ4n) is 4.67. The molecule has 150 valence electrons. The zero-order valence-corrected chi connectivity index (χ0v) is 16.9. The van der Waals surface area contributed by atoms with Crippen LogP contribution in [0.5, 0.6) is 0 Å². The van der Waals surface area contributed by atoms with E-state index in [1.54, 1.807) is 12.3 Å². The predicted molar refractivity (Wildman–Crippen MR) is 117 cm³/mol. The van der Waals surface area contributed by atoms with Gasteiger partial charge in [0.15, 0.2) is 5.43 Å². The summed E-state index contributed by atoms with van der Waals surface area (Å²) >= 11 is 0. The Morgan fingerprint density at radius 3 is 2.97 bits per heavy atom. The number of nitrogens with one attached hydrogen (secondary N) is 1. The van der Waals surface area contributed by atoms with E-state index in [0.29, 0.717) is 11.3 Å². The molecule has 3 aromatic heterocycles. The van der Waals surface area contributed by atoms with E-state index in [-0.39, 0.29) is 11.5 Å². The molecule has 1 saturated heterocycles. The van der Waals surface area contributed by atoms with Crippen LogP contribution in [-0.4, -0.2) is 32.5 Å². The number of nitriles is 1. The molecule has 6 nitrogen and oxygen atoms in total. The lowest BCUT2D eigenvalue weighted by atomic mass is 9.92. The lowest BCUT2D eigenvalue weighted by Crippen LogP contribution is -2.40. The van der Waals surface area contributed by atoms with Gasteiger partial charge in [0.2, 0.25) is 0 Å². The molecule has 30 heavy (non-hydrogen) atoms. The number of nitrogens with zero attached hydrogens (tertiary/aromatic N) is 4. The normalized spacial score (nSPS) is 19.9. The minimum atomic E-state index is 0.000108. The molecule has 0 saturated carbocycles. The van der Waals surface area contributed by atoms with Gasteiger partial charge >= 0.3 is 0 Å². The molecule has 0 unspecified atom stereocenters. The predicted octanol–water partition coefficient (Wildman–Crippen LogP) is 3.83.